The zero-order valence-electron chi connectivity index (χ0n) is 36.2. The fourth-order valence-electron chi connectivity index (χ4n) is 10.9. The van der Waals surface area contributed by atoms with E-state index in [1.807, 2.05) is 0 Å². The predicted octanol–water partition coefficient (Wildman–Crippen LogP) is 17.3. The standard InChI is InChI=1S/C57H64N2/c1-5-8-10-12-14-22-36-57(37-23-15-13-11-9-6-2)51-27-19-16-24-45(51)46-33-32-44(40-52(46)57)59-54-29-21-18-26-48(54)50-39-43(31-35-56(50)59)42-30-34-55-49(38-42)47-25-17-20-28-53(47)58(55)41(4)7-3/h16-21,24-35,38-41H,5-15,22-23,36-37H2,1-4H3. The van der Waals surface area contributed by atoms with E-state index in [-0.39, 0.29) is 5.41 Å². The monoisotopic (exact) mass is 777 g/mol. The van der Waals surface area contributed by atoms with E-state index in [2.05, 4.69) is 164 Å². The van der Waals surface area contributed by atoms with E-state index in [1.165, 1.54) is 161 Å². The predicted molar refractivity (Wildman–Crippen MR) is 256 cm³/mol. The molecule has 9 rings (SSSR count). The normalized spacial score (nSPS) is 13.8. The van der Waals surface area contributed by atoms with Crippen molar-refractivity contribution in [3.05, 3.63) is 139 Å². The Labute approximate surface area is 353 Å². The third-order valence-corrected chi connectivity index (χ3v) is 14.2. The molecule has 8 aromatic rings. The second-order valence-corrected chi connectivity index (χ2v) is 17.9. The van der Waals surface area contributed by atoms with Gasteiger partial charge in [-0.1, -0.05) is 177 Å². The molecule has 2 nitrogen and oxygen atoms in total. The summed E-state index contributed by atoms with van der Waals surface area (Å²) in [5.41, 5.74) is 15.1. The van der Waals surface area contributed by atoms with Crippen LogP contribution in [0.4, 0.5) is 0 Å². The Balaban J connectivity index is 1.14. The van der Waals surface area contributed by atoms with Crippen LogP contribution >= 0.6 is 0 Å². The second kappa shape index (κ2) is 17.3. The van der Waals surface area contributed by atoms with Gasteiger partial charge in [0.1, 0.15) is 0 Å². The number of hydrogen-bond donors (Lipinski definition) is 0. The molecular formula is C57H64N2. The highest BCUT2D eigenvalue weighted by Crippen LogP contribution is 2.55. The first-order valence-corrected chi connectivity index (χ1v) is 23.4. The van der Waals surface area contributed by atoms with Crippen molar-refractivity contribution in [2.75, 3.05) is 0 Å². The highest BCUT2D eigenvalue weighted by molar-refractivity contribution is 6.12. The van der Waals surface area contributed by atoms with Crippen LogP contribution in [0.25, 0.3) is 71.6 Å². The van der Waals surface area contributed by atoms with E-state index in [1.54, 1.807) is 11.1 Å². The third kappa shape index (κ3) is 7.11. The van der Waals surface area contributed by atoms with Crippen molar-refractivity contribution in [1.29, 1.82) is 0 Å². The number of benzene rings is 6. The summed E-state index contributed by atoms with van der Waals surface area (Å²) in [4.78, 5) is 0. The van der Waals surface area contributed by atoms with Crippen LogP contribution in [0.3, 0.4) is 0 Å². The molecule has 302 valence electrons. The molecular weight excluding hydrogens is 713 g/mol. The van der Waals surface area contributed by atoms with Crippen molar-refractivity contribution < 1.29 is 0 Å². The summed E-state index contributed by atoms with van der Waals surface area (Å²) in [7, 11) is 0. The van der Waals surface area contributed by atoms with E-state index in [9.17, 15) is 0 Å². The molecule has 59 heavy (non-hydrogen) atoms. The van der Waals surface area contributed by atoms with Crippen LogP contribution in [0.15, 0.2) is 127 Å². The fourth-order valence-corrected chi connectivity index (χ4v) is 10.9. The molecule has 2 heterocycles. The third-order valence-electron chi connectivity index (χ3n) is 14.2. The Kier molecular flexibility index (Phi) is 11.5. The molecule has 2 heteroatoms. The molecule has 1 aliphatic carbocycles. The van der Waals surface area contributed by atoms with Gasteiger partial charge in [0.2, 0.25) is 0 Å². The van der Waals surface area contributed by atoms with Crippen LogP contribution in [-0.4, -0.2) is 9.13 Å². The van der Waals surface area contributed by atoms with Gasteiger partial charge in [0.25, 0.3) is 0 Å². The summed E-state index contributed by atoms with van der Waals surface area (Å²) in [5, 5.41) is 5.30. The van der Waals surface area contributed by atoms with Gasteiger partial charge in [0, 0.05) is 49.7 Å². The number of hydrogen-bond acceptors (Lipinski definition) is 0. The summed E-state index contributed by atoms with van der Waals surface area (Å²) in [5.74, 6) is 0. The molecule has 1 unspecified atom stereocenters. The summed E-state index contributed by atoms with van der Waals surface area (Å²) in [6.07, 6.45) is 19.6. The number of fused-ring (bicyclic) bond motifs is 9. The highest BCUT2D eigenvalue weighted by atomic mass is 15.0. The maximum atomic E-state index is 2.62. The molecule has 0 radical (unpaired) electrons. The first-order valence-electron chi connectivity index (χ1n) is 23.4. The van der Waals surface area contributed by atoms with Crippen molar-refractivity contribution in [3.8, 4) is 27.9 Å². The van der Waals surface area contributed by atoms with Crippen molar-refractivity contribution in [2.24, 2.45) is 0 Å². The quantitative estimate of drug-likeness (QED) is 0.0768. The first kappa shape index (κ1) is 39.4. The van der Waals surface area contributed by atoms with Crippen molar-refractivity contribution in [3.63, 3.8) is 0 Å². The van der Waals surface area contributed by atoms with Gasteiger partial charge in [-0.15, -0.1) is 0 Å². The van der Waals surface area contributed by atoms with Gasteiger partial charge >= 0.3 is 0 Å². The van der Waals surface area contributed by atoms with E-state index < -0.39 is 0 Å². The Morgan fingerprint density at radius 2 is 0.949 bits per heavy atom. The summed E-state index contributed by atoms with van der Waals surface area (Å²) < 4.78 is 5.09. The molecule has 1 atom stereocenters. The van der Waals surface area contributed by atoms with Crippen molar-refractivity contribution >= 4 is 43.6 Å². The molecule has 6 aromatic carbocycles. The minimum absolute atomic E-state index is 0.0556. The lowest BCUT2D eigenvalue weighted by Gasteiger charge is -2.33. The molecule has 0 spiro atoms. The maximum absolute atomic E-state index is 2.62. The van der Waals surface area contributed by atoms with Crippen LogP contribution < -0.4 is 0 Å². The number of aromatic nitrogens is 2. The maximum Gasteiger partial charge on any atom is 0.0541 e. The van der Waals surface area contributed by atoms with Gasteiger partial charge < -0.3 is 9.13 Å². The van der Waals surface area contributed by atoms with Gasteiger partial charge in [0.15, 0.2) is 0 Å². The molecule has 0 N–H and O–H groups in total. The van der Waals surface area contributed by atoms with Crippen LogP contribution in [0, 0.1) is 0 Å². The van der Waals surface area contributed by atoms with E-state index >= 15 is 0 Å². The van der Waals surface area contributed by atoms with Gasteiger partial charge in [-0.05, 0) is 108 Å². The molecule has 0 saturated carbocycles. The second-order valence-electron chi connectivity index (χ2n) is 17.9. The van der Waals surface area contributed by atoms with E-state index in [0.717, 1.165) is 6.42 Å². The van der Waals surface area contributed by atoms with Crippen molar-refractivity contribution in [2.45, 2.75) is 135 Å². The molecule has 0 bridgehead atoms. The molecule has 0 amide bonds. The van der Waals surface area contributed by atoms with E-state index in [4.69, 9.17) is 0 Å². The van der Waals surface area contributed by atoms with Crippen LogP contribution in [-0.2, 0) is 5.41 Å². The zero-order chi connectivity index (χ0) is 40.3. The number of unbranched alkanes of at least 4 members (excludes halogenated alkanes) is 10. The molecule has 0 fully saturated rings. The number of nitrogens with zero attached hydrogens (tertiary/aromatic N) is 2. The van der Waals surface area contributed by atoms with Gasteiger partial charge in [-0.25, -0.2) is 0 Å². The molecule has 1 aliphatic rings. The lowest BCUT2D eigenvalue weighted by Crippen LogP contribution is -2.25. The van der Waals surface area contributed by atoms with Crippen LogP contribution in [0.5, 0.6) is 0 Å². The fraction of sp³-hybridized carbons (Fsp3) is 0.368. The highest BCUT2D eigenvalue weighted by Gasteiger charge is 2.42. The summed E-state index contributed by atoms with van der Waals surface area (Å²) >= 11 is 0. The minimum Gasteiger partial charge on any atom is -0.338 e. The smallest absolute Gasteiger partial charge is 0.0541 e. The Morgan fingerprint density at radius 1 is 0.441 bits per heavy atom. The Morgan fingerprint density at radius 3 is 1.63 bits per heavy atom. The molecule has 0 aliphatic heterocycles. The summed E-state index contributed by atoms with van der Waals surface area (Å²) in [6, 6.07) is 49.7. The van der Waals surface area contributed by atoms with Gasteiger partial charge in [-0.2, -0.15) is 0 Å². The van der Waals surface area contributed by atoms with Gasteiger partial charge in [-0.3, -0.25) is 0 Å². The van der Waals surface area contributed by atoms with Gasteiger partial charge in [0.05, 0.1) is 11.0 Å². The number of rotatable bonds is 18. The van der Waals surface area contributed by atoms with Crippen LogP contribution in [0.1, 0.15) is 141 Å². The van der Waals surface area contributed by atoms with E-state index in [0.29, 0.717) is 6.04 Å². The Bertz CT molecular complexity index is 2700. The SMILES string of the molecule is CCCCCCCCC1(CCCCCCCC)c2ccccc2-c2ccc(-n3c4ccccc4c4cc(-c5ccc6c(c5)c5ccccc5n6C(C)CC)ccc43)cc21. The average Bonchev–Trinajstić information content (AvgIpc) is 3.89. The lowest BCUT2D eigenvalue weighted by molar-refractivity contribution is 0.398. The Hall–Kier alpha value is -5.08. The summed E-state index contributed by atoms with van der Waals surface area (Å²) in [6.45, 7) is 9.28. The molecule has 0 saturated heterocycles. The zero-order valence-corrected chi connectivity index (χ0v) is 36.2. The topological polar surface area (TPSA) is 9.86 Å². The largest absolute Gasteiger partial charge is 0.338 e. The lowest BCUT2D eigenvalue weighted by atomic mass is 9.70. The molecule has 2 aromatic heterocycles. The number of para-hydroxylation sites is 2. The first-order chi connectivity index (χ1) is 29.1. The minimum atomic E-state index is 0.0556. The average molecular weight is 777 g/mol. The van der Waals surface area contributed by atoms with Crippen molar-refractivity contribution in [1.82, 2.24) is 9.13 Å². The van der Waals surface area contributed by atoms with Crippen LogP contribution in [0.2, 0.25) is 0 Å².